The van der Waals surface area contributed by atoms with E-state index < -0.39 is 14.9 Å². The van der Waals surface area contributed by atoms with Crippen LogP contribution in [0, 0.1) is 17.0 Å². The highest BCUT2D eigenvalue weighted by molar-refractivity contribution is 7.89. The molecule has 0 spiro atoms. The molecule has 1 aliphatic heterocycles. The van der Waals surface area contributed by atoms with E-state index in [1.54, 1.807) is 14.0 Å². The minimum Gasteiger partial charge on any atom is -0.318 e. The highest BCUT2D eigenvalue weighted by Gasteiger charge is 2.35. The lowest BCUT2D eigenvalue weighted by molar-refractivity contribution is -0.385. The number of nitro groups is 1. The van der Waals surface area contributed by atoms with E-state index in [4.69, 9.17) is 0 Å². The van der Waals surface area contributed by atoms with Gasteiger partial charge in [0.05, 0.1) is 9.82 Å². The molecule has 9 heteroatoms. The summed E-state index contributed by atoms with van der Waals surface area (Å²) in [6, 6.07) is 3.81. The maximum absolute atomic E-state index is 12.7. The molecule has 0 aliphatic carbocycles. The van der Waals surface area contributed by atoms with Gasteiger partial charge in [0, 0.05) is 31.3 Å². The van der Waals surface area contributed by atoms with Crippen LogP contribution in [0.1, 0.15) is 18.4 Å². The second-order valence-electron chi connectivity index (χ2n) is 5.18. The molecule has 1 N–H and O–H groups in total. The lowest BCUT2D eigenvalue weighted by Gasteiger charge is -2.24. The molecule has 1 aliphatic rings. The van der Waals surface area contributed by atoms with Gasteiger partial charge in [0.1, 0.15) is 0 Å². The first-order valence-corrected chi connectivity index (χ1v) is 8.23. The SMILES string of the molecule is CNCC1CCCN1S(=O)(=O)c1ccc([N+](=O)[O-])cc1C.Cl. The number of benzene rings is 1. The van der Waals surface area contributed by atoms with Gasteiger partial charge in [-0.15, -0.1) is 12.4 Å². The van der Waals surface area contributed by atoms with Crippen molar-refractivity contribution in [2.24, 2.45) is 0 Å². The Bertz CT molecular complexity index is 651. The predicted octanol–water partition coefficient (Wildman–Crippen LogP) is 1.70. The summed E-state index contributed by atoms with van der Waals surface area (Å²) in [5.74, 6) is 0. The first kappa shape index (κ1) is 18.8. The molecule has 7 nitrogen and oxygen atoms in total. The van der Waals surface area contributed by atoms with E-state index in [9.17, 15) is 18.5 Å². The maximum atomic E-state index is 12.7. The number of hydrogen-bond acceptors (Lipinski definition) is 5. The van der Waals surface area contributed by atoms with Crippen LogP contribution in [0.15, 0.2) is 23.1 Å². The number of non-ortho nitro benzene ring substituents is 1. The summed E-state index contributed by atoms with van der Waals surface area (Å²) in [6.45, 7) is 2.68. The number of hydrogen-bond donors (Lipinski definition) is 1. The standard InChI is InChI=1S/C13H19N3O4S.ClH/c1-10-8-11(16(17)18)5-6-13(10)21(19,20)15-7-3-4-12(15)9-14-2;/h5-6,8,12,14H,3-4,7,9H2,1-2H3;1H. The third kappa shape index (κ3) is 3.57. The molecule has 2 rings (SSSR count). The van der Waals surface area contributed by atoms with E-state index in [-0.39, 0.29) is 29.0 Å². The number of likely N-dealkylation sites (N-methyl/N-ethyl adjacent to an activating group) is 1. The van der Waals surface area contributed by atoms with E-state index in [1.807, 2.05) is 0 Å². The van der Waals surface area contributed by atoms with Gasteiger partial charge in [0.2, 0.25) is 10.0 Å². The van der Waals surface area contributed by atoms with Crippen molar-refractivity contribution < 1.29 is 13.3 Å². The predicted molar refractivity (Wildman–Crippen MR) is 85.9 cm³/mol. The van der Waals surface area contributed by atoms with Gasteiger partial charge in [-0.25, -0.2) is 8.42 Å². The fraction of sp³-hybridized carbons (Fsp3) is 0.538. The second kappa shape index (κ2) is 7.36. The fourth-order valence-electron chi connectivity index (χ4n) is 2.73. The first-order valence-electron chi connectivity index (χ1n) is 6.79. The van der Waals surface area contributed by atoms with Crippen molar-refractivity contribution in [3.63, 3.8) is 0 Å². The molecule has 1 heterocycles. The molecule has 0 bridgehead atoms. The number of aryl methyl sites for hydroxylation is 1. The number of rotatable bonds is 5. The molecule has 124 valence electrons. The normalized spacial score (nSPS) is 18.9. The molecule has 1 fully saturated rings. The Morgan fingerprint density at radius 3 is 2.68 bits per heavy atom. The Kier molecular flexibility index (Phi) is 6.30. The molecule has 22 heavy (non-hydrogen) atoms. The molecule has 0 aromatic heterocycles. The Balaban J connectivity index is 0.00000242. The summed E-state index contributed by atoms with van der Waals surface area (Å²) in [5, 5.41) is 13.8. The number of halogens is 1. The van der Waals surface area contributed by atoms with Crippen LogP contribution in [0.3, 0.4) is 0 Å². The van der Waals surface area contributed by atoms with Crippen LogP contribution >= 0.6 is 12.4 Å². The number of nitrogens with one attached hydrogen (secondary N) is 1. The zero-order chi connectivity index (χ0) is 15.6. The first-order chi connectivity index (χ1) is 9.87. The highest BCUT2D eigenvalue weighted by Crippen LogP contribution is 2.29. The number of nitro benzene ring substituents is 1. The van der Waals surface area contributed by atoms with Crippen LogP contribution in [-0.2, 0) is 10.0 Å². The minimum absolute atomic E-state index is 0. The van der Waals surface area contributed by atoms with Crippen LogP contribution in [0.5, 0.6) is 0 Å². The molecule has 0 saturated carbocycles. The highest BCUT2D eigenvalue weighted by atomic mass is 35.5. The van der Waals surface area contributed by atoms with Crippen molar-refractivity contribution >= 4 is 28.1 Å². The molecule has 1 aromatic carbocycles. The maximum Gasteiger partial charge on any atom is 0.269 e. The van der Waals surface area contributed by atoms with E-state index in [0.717, 1.165) is 12.8 Å². The summed E-state index contributed by atoms with van der Waals surface area (Å²) in [7, 11) is -1.82. The Morgan fingerprint density at radius 2 is 2.14 bits per heavy atom. The van der Waals surface area contributed by atoms with E-state index in [2.05, 4.69) is 5.32 Å². The van der Waals surface area contributed by atoms with Gasteiger partial charge >= 0.3 is 0 Å². The zero-order valence-electron chi connectivity index (χ0n) is 12.5. The quantitative estimate of drug-likeness (QED) is 0.645. The zero-order valence-corrected chi connectivity index (χ0v) is 14.1. The number of nitrogens with zero attached hydrogens (tertiary/aromatic N) is 2. The topological polar surface area (TPSA) is 92.6 Å². The molecule has 1 saturated heterocycles. The van der Waals surface area contributed by atoms with Gasteiger partial charge in [-0.2, -0.15) is 4.31 Å². The minimum atomic E-state index is -3.61. The Hall–Kier alpha value is -1.22. The lowest BCUT2D eigenvalue weighted by atomic mass is 10.2. The van der Waals surface area contributed by atoms with Crippen molar-refractivity contribution in [1.29, 1.82) is 0 Å². The lowest BCUT2D eigenvalue weighted by Crippen LogP contribution is -2.40. The van der Waals surface area contributed by atoms with Gasteiger partial charge in [-0.3, -0.25) is 10.1 Å². The van der Waals surface area contributed by atoms with Crippen molar-refractivity contribution in [3.8, 4) is 0 Å². The molecule has 1 unspecified atom stereocenters. The Labute approximate surface area is 136 Å². The second-order valence-corrected chi connectivity index (χ2v) is 7.04. The van der Waals surface area contributed by atoms with Gasteiger partial charge in [0.25, 0.3) is 5.69 Å². The molecule has 1 aromatic rings. The van der Waals surface area contributed by atoms with Crippen molar-refractivity contribution in [2.45, 2.75) is 30.7 Å². The van der Waals surface area contributed by atoms with Crippen molar-refractivity contribution in [1.82, 2.24) is 9.62 Å². The summed E-state index contributed by atoms with van der Waals surface area (Å²) in [5.41, 5.74) is 0.305. The third-order valence-electron chi connectivity index (χ3n) is 3.72. The van der Waals surface area contributed by atoms with Gasteiger partial charge in [-0.05, 0) is 38.4 Å². The largest absolute Gasteiger partial charge is 0.318 e. The monoisotopic (exact) mass is 349 g/mol. The van der Waals surface area contributed by atoms with Crippen molar-refractivity contribution in [3.05, 3.63) is 33.9 Å². The van der Waals surface area contributed by atoms with E-state index >= 15 is 0 Å². The van der Waals surface area contributed by atoms with E-state index in [0.29, 0.717) is 18.7 Å². The van der Waals surface area contributed by atoms with Crippen LogP contribution in [0.4, 0.5) is 5.69 Å². The van der Waals surface area contributed by atoms with Crippen LogP contribution < -0.4 is 5.32 Å². The average molecular weight is 350 g/mol. The molecule has 0 amide bonds. The number of sulfonamides is 1. The third-order valence-corrected chi connectivity index (χ3v) is 5.83. The van der Waals surface area contributed by atoms with Crippen LogP contribution in [0.2, 0.25) is 0 Å². The summed E-state index contributed by atoms with van der Waals surface area (Å²) in [6.07, 6.45) is 1.66. The van der Waals surface area contributed by atoms with Gasteiger partial charge in [-0.1, -0.05) is 0 Å². The molecule has 1 atom stereocenters. The van der Waals surface area contributed by atoms with Crippen molar-refractivity contribution in [2.75, 3.05) is 20.1 Å². The fourth-order valence-corrected chi connectivity index (χ4v) is 4.63. The molecular weight excluding hydrogens is 330 g/mol. The summed E-state index contributed by atoms with van der Waals surface area (Å²) < 4.78 is 27.0. The smallest absolute Gasteiger partial charge is 0.269 e. The van der Waals surface area contributed by atoms with Gasteiger partial charge < -0.3 is 5.32 Å². The molecule has 0 radical (unpaired) electrons. The summed E-state index contributed by atoms with van der Waals surface area (Å²) in [4.78, 5) is 10.4. The van der Waals surface area contributed by atoms with Crippen LogP contribution in [-0.4, -0.2) is 43.8 Å². The summed E-state index contributed by atoms with van der Waals surface area (Å²) >= 11 is 0. The van der Waals surface area contributed by atoms with Gasteiger partial charge in [0.15, 0.2) is 0 Å². The molecular formula is C13H20ClN3O4S. The van der Waals surface area contributed by atoms with E-state index in [1.165, 1.54) is 22.5 Å². The average Bonchev–Trinajstić information content (AvgIpc) is 2.87. The Morgan fingerprint density at radius 1 is 1.45 bits per heavy atom. The van der Waals surface area contributed by atoms with Crippen LogP contribution in [0.25, 0.3) is 0 Å².